The second kappa shape index (κ2) is 4.12. The molecule has 0 aromatic rings. The molecule has 1 aliphatic rings. The molecule has 14 heavy (non-hydrogen) atoms. The van der Waals surface area contributed by atoms with Crippen LogP contribution in [0.4, 0.5) is 0 Å². The zero-order valence-electron chi connectivity index (χ0n) is 9.09. The van der Waals surface area contributed by atoms with Crippen LogP contribution in [0.25, 0.3) is 0 Å². The van der Waals surface area contributed by atoms with E-state index in [1.165, 1.54) is 0 Å². The van der Waals surface area contributed by atoms with E-state index in [0.29, 0.717) is 23.3 Å². The molecule has 0 radical (unpaired) electrons. The molecule has 4 heteroatoms. The fraction of sp³-hybridized carbons (Fsp3) is 1.00. The Morgan fingerprint density at radius 1 is 1.43 bits per heavy atom. The van der Waals surface area contributed by atoms with E-state index >= 15 is 0 Å². The van der Waals surface area contributed by atoms with Gasteiger partial charge in [0.05, 0.1) is 11.5 Å². The lowest BCUT2D eigenvalue weighted by molar-refractivity contribution is 0.198. The van der Waals surface area contributed by atoms with Crippen molar-refractivity contribution < 1.29 is 8.42 Å². The van der Waals surface area contributed by atoms with Gasteiger partial charge in [0.1, 0.15) is 0 Å². The standard InChI is InChI=1S/C10H19BrO2S/c1-10(2,3)9(6-11)8-4-5-14(12,13)7-8/h8-9H,4-7H2,1-3H3. The van der Waals surface area contributed by atoms with E-state index in [2.05, 4.69) is 36.7 Å². The van der Waals surface area contributed by atoms with E-state index < -0.39 is 9.84 Å². The van der Waals surface area contributed by atoms with E-state index in [1.54, 1.807) is 0 Å². The summed E-state index contributed by atoms with van der Waals surface area (Å²) in [5, 5.41) is 0.899. The van der Waals surface area contributed by atoms with Gasteiger partial charge in [-0.25, -0.2) is 8.42 Å². The Bertz CT molecular complexity index is 290. The third-order valence-corrected chi connectivity index (χ3v) is 5.61. The van der Waals surface area contributed by atoms with Gasteiger partial charge in [-0.05, 0) is 23.7 Å². The maximum atomic E-state index is 11.4. The van der Waals surface area contributed by atoms with Crippen LogP contribution in [0, 0.1) is 17.3 Å². The largest absolute Gasteiger partial charge is 0.229 e. The van der Waals surface area contributed by atoms with Crippen LogP contribution in [-0.2, 0) is 9.84 Å². The minimum atomic E-state index is -2.73. The Morgan fingerprint density at radius 2 is 2.00 bits per heavy atom. The summed E-state index contributed by atoms with van der Waals surface area (Å²) in [5.41, 5.74) is 0.189. The van der Waals surface area contributed by atoms with Gasteiger partial charge in [0, 0.05) is 5.33 Å². The highest BCUT2D eigenvalue weighted by atomic mass is 79.9. The molecular formula is C10H19BrO2S. The van der Waals surface area contributed by atoms with Crippen molar-refractivity contribution in [3.05, 3.63) is 0 Å². The van der Waals surface area contributed by atoms with Crippen molar-refractivity contribution >= 4 is 25.8 Å². The molecule has 2 atom stereocenters. The second-order valence-electron chi connectivity index (χ2n) is 5.29. The third kappa shape index (κ3) is 2.96. The first-order valence-electron chi connectivity index (χ1n) is 5.02. The summed E-state index contributed by atoms with van der Waals surface area (Å²) >= 11 is 3.50. The topological polar surface area (TPSA) is 34.1 Å². The Balaban J connectivity index is 2.74. The lowest BCUT2D eigenvalue weighted by Crippen LogP contribution is -2.30. The first kappa shape index (κ1) is 12.5. The van der Waals surface area contributed by atoms with Crippen LogP contribution in [0.1, 0.15) is 27.2 Å². The predicted octanol–water partition coefficient (Wildman–Crippen LogP) is 2.48. The lowest BCUT2D eigenvalue weighted by atomic mass is 9.74. The fourth-order valence-corrected chi connectivity index (χ4v) is 5.59. The van der Waals surface area contributed by atoms with Crippen LogP contribution < -0.4 is 0 Å². The first-order chi connectivity index (χ1) is 6.26. The summed E-state index contributed by atoms with van der Waals surface area (Å²) in [6.45, 7) is 6.55. The highest BCUT2D eigenvalue weighted by molar-refractivity contribution is 9.09. The average molecular weight is 283 g/mol. The lowest BCUT2D eigenvalue weighted by Gasteiger charge is -2.33. The van der Waals surface area contributed by atoms with Crippen LogP contribution in [0.3, 0.4) is 0 Å². The predicted molar refractivity (Wildman–Crippen MR) is 63.5 cm³/mol. The van der Waals surface area contributed by atoms with Gasteiger partial charge in [-0.2, -0.15) is 0 Å². The number of rotatable bonds is 2. The molecule has 0 bridgehead atoms. The molecule has 1 fully saturated rings. The third-order valence-electron chi connectivity index (χ3n) is 3.12. The number of hydrogen-bond acceptors (Lipinski definition) is 2. The molecule has 0 aromatic carbocycles. The van der Waals surface area contributed by atoms with Gasteiger partial charge in [0.25, 0.3) is 0 Å². The van der Waals surface area contributed by atoms with Crippen LogP contribution in [0.5, 0.6) is 0 Å². The maximum absolute atomic E-state index is 11.4. The Hall–Kier alpha value is 0.430. The highest BCUT2D eigenvalue weighted by Gasteiger charge is 2.38. The number of halogens is 1. The number of hydrogen-bond donors (Lipinski definition) is 0. The van der Waals surface area contributed by atoms with Crippen molar-refractivity contribution in [1.29, 1.82) is 0 Å². The van der Waals surface area contributed by atoms with E-state index in [1.807, 2.05) is 0 Å². The van der Waals surface area contributed by atoms with Crippen molar-refractivity contribution in [3.63, 3.8) is 0 Å². The Kier molecular flexibility index (Phi) is 3.68. The fourth-order valence-electron chi connectivity index (χ4n) is 2.21. The molecule has 0 spiro atoms. The molecule has 1 saturated heterocycles. The molecule has 1 aliphatic heterocycles. The van der Waals surface area contributed by atoms with Gasteiger partial charge >= 0.3 is 0 Å². The van der Waals surface area contributed by atoms with E-state index in [9.17, 15) is 8.42 Å². The summed E-state index contributed by atoms with van der Waals surface area (Å²) < 4.78 is 22.7. The molecule has 0 aromatic heterocycles. The van der Waals surface area contributed by atoms with Gasteiger partial charge in [-0.1, -0.05) is 36.7 Å². The van der Waals surface area contributed by atoms with E-state index in [-0.39, 0.29) is 5.41 Å². The number of sulfone groups is 1. The molecular weight excluding hydrogens is 264 g/mol. The van der Waals surface area contributed by atoms with Crippen molar-refractivity contribution in [3.8, 4) is 0 Å². The van der Waals surface area contributed by atoms with Crippen molar-refractivity contribution in [1.82, 2.24) is 0 Å². The van der Waals surface area contributed by atoms with Crippen LogP contribution >= 0.6 is 15.9 Å². The summed E-state index contributed by atoms with van der Waals surface area (Å²) in [5.74, 6) is 1.58. The highest BCUT2D eigenvalue weighted by Crippen LogP contribution is 2.38. The molecule has 1 rings (SSSR count). The molecule has 2 nitrogen and oxygen atoms in total. The molecule has 0 amide bonds. The average Bonchev–Trinajstić information content (AvgIpc) is 2.29. The summed E-state index contributed by atoms with van der Waals surface area (Å²) in [6.07, 6.45) is 0.843. The second-order valence-corrected chi connectivity index (χ2v) is 8.17. The first-order valence-corrected chi connectivity index (χ1v) is 7.97. The van der Waals surface area contributed by atoms with Gasteiger partial charge in [-0.15, -0.1) is 0 Å². The quantitative estimate of drug-likeness (QED) is 0.730. The monoisotopic (exact) mass is 282 g/mol. The van der Waals surface area contributed by atoms with Crippen molar-refractivity contribution in [2.75, 3.05) is 16.8 Å². The summed E-state index contributed by atoms with van der Waals surface area (Å²) in [7, 11) is -2.73. The zero-order chi connectivity index (χ0) is 11.0. The molecule has 1 heterocycles. The molecule has 0 saturated carbocycles. The smallest absolute Gasteiger partial charge is 0.150 e. The van der Waals surface area contributed by atoms with Crippen LogP contribution in [0.2, 0.25) is 0 Å². The molecule has 0 N–H and O–H groups in total. The summed E-state index contributed by atoms with van der Waals surface area (Å²) in [4.78, 5) is 0. The minimum Gasteiger partial charge on any atom is -0.229 e. The summed E-state index contributed by atoms with van der Waals surface area (Å²) in [6, 6.07) is 0. The van der Waals surface area contributed by atoms with E-state index in [4.69, 9.17) is 0 Å². The molecule has 84 valence electrons. The van der Waals surface area contributed by atoms with Crippen LogP contribution in [0.15, 0.2) is 0 Å². The minimum absolute atomic E-state index is 0.189. The molecule has 2 unspecified atom stereocenters. The van der Waals surface area contributed by atoms with E-state index in [0.717, 1.165) is 11.8 Å². The SMILES string of the molecule is CC(C)(C)C(CBr)C1CCS(=O)(=O)C1. The normalized spacial score (nSPS) is 29.0. The van der Waals surface area contributed by atoms with Crippen molar-refractivity contribution in [2.45, 2.75) is 27.2 Å². The maximum Gasteiger partial charge on any atom is 0.150 e. The van der Waals surface area contributed by atoms with Gasteiger partial charge in [-0.3, -0.25) is 0 Å². The van der Waals surface area contributed by atoms with Gasteiger partial charge in [0.15, 0.2) is 9.84 Å². The Morgan fingerprint density at radius 3 is 2.29 bits per heavy atom. The van der Waals surface area contributed by atoms with Crippen molar-refractivity contribution in [2.24, 2.45) is 17.3 Å². The molecule has 0 aliphatic carbocycles. The number of alkyl halides is 1. The zero-order valence-corrected chi connectivity index (χ0v) is 11.5. The van der Waals surface area contributed by atoms with Gasteiger partial charge < -0.3 is 0 Å². The van der Waals surface area contributed by atoms with Gasteiger partial charge in [0.2, 0.25) is 0 Å². The Labute approximate surface area is 95.5 Å². The van der Waals surface area contributed by atoms with Crippen LogP contribution in [-0.4, -0.2) is 25.3 Å².